The Morgan fingerprint density at radius 3 is 2.13 bits per heavy atom. The standard InChI is InChI=1S/C24H37NO5S/c1-17(2)8-6-9-18(3)10-7-11-19(4)12-15-31-16-20(21(26)27)25-22(28)24(13-14-24)23(29)30-5/h8,10,12,20H,6-7,9,11,13-16H2,1-5H3,(H,25,28)(H,26,27)/b18-10+,19-12+. The summed E-state index contributed by atoms with van der Waals surface area (Å²) in [6.45, 7) is 8.48. The van der Waals surface area contributed by atoms with Gasteiger partial charge in [-0.1, -0.05) is 34.9 Å². The predicted molar refractivity (Wildman–Crippen MR) is 126 cm³/mol. The third kappa shape index (κ3) is 9.76. The summed E-state index contributed by atoms with van der Waals surface area (Å²) in [5.74, 6) is -1.33. The highest BCUT2D eigenvalue weighted by Crippen LogP contribution is 2.47. The van der Waals surface area contributed by atoms with Crippen LogP contribution in [0.1, 0.15) is 66.2 Å². The molecular weight excluding hydrogens is 414 g/mol. The molecule has 174 valence electrons. The molecule has 0 heterocycles. The van der Waals surface area contributed by atoms with Crippen LogP contribution in [0.25, 0.3) is 0 Å². The van der Waals surface area contributed by atoms with E-state index in [1.54, 1.807) is 0 Å². The molecule has 1 aliphatic rings. The molecule has 1 rings (SSSR count). The third-order valence-electron chi connectivity index (χ3n) is 5.32. The summed E-state index contributed by atoms with van der Waals surface area (Å²) >= 11 is 1.45. The molecule has 1 fully saturated rings. The second kappa shape index (κ2) is 13.4. The summed E-state index contributed by atoms with van der Waals surface area (Å²) in [6, 6.07) is -1.03. The molecule has 6 nitrogen and oxygen atoms in total. The van der Waals surface area contributed by atoms with Crippen LogP contribution in [0.15, 0.2) is 34.9 Å². The molecule has 0 saturated heterocycles. The Labute approximate surface area is 190 Å². The number of carboxylic acid groups (broad SMARTS) is 1. The molecule has 0 radical (unpaired) electrons. The van der Waals surface area contributed by atoms with E-state index < -0.39 is 29.3 Å². The molecule has 0 aliphatic heterocycles. The number of aliphatic carboxylic acids is 1. The second-order valence-electron chi connectivity index (χ2n) is 8.44. The molecule has 31 heavy (non-hydrogen) atoms. The number of carbonyl (C=O) groups is 3. The molecular formula is C24H37NO5S. The Hall–Kier alpha value is -2.02. The molecule has 7 heteroatoms. The topological polar surface area (TPSA) is 92.7 Å². The van der Waals surface area contributed by atoms with Crippen LogP contribution < -0.4 is 5.32 Å². The van der Waals surface area contributed by atoms with Crippen molar-refractivity contribution >= 4 is 29.6 Å². The van der Waals surface area contributed by atoms with Crippen LogP contribution >= 0.6 is 11.8 Å². The van der Waals surface area contributed by atoms with Crippen molar-refractivity contribution in [2.45, 2.75) is 72.3 Å². The molecule has 0 spiro atoms. The third-order valence-corrected chi connectivity index (χ3v) is 6.29. The lowest BCUT2D eigenvalue weighted by molar-refractivity contribution is -0.153. The van der Waals surface area contributed by atoms with Crippen LogP contribution in [0.3, 0.4) is 0 Å². The van der Waals surface area contributed by atoms with Gasteiger partial charge in [0.15, 0.2) is 0 Å². The van der Waals surface area contributed by atoms with E-state index in [1.165, 1.54) is 35.6 Å². The number of nitrogens with one attached hydrogen (secondary N) is 1. The minimum absolute atomic E-state index is 0.242. The maximum atomic E-state index is 12.4. The van der Waals surface area contributed by atoms with Crippen LogP contribution in [0.5, 0.6) is 0 Å². The Kier molecular flexibility index (Phi) is 11.7. The zero-order chi connectivity index (χ0) is 23.4. The van der Waals surface area contributed by atoms with E-state index in [1.807, 2.05) is 0 Å². The van der Waals surface area contributed by atoms with Gasteiger partial charge in [-0.05, 0) is 66.2 Å². The van der Waals surface area contributed by atoms with E-state index in [0.29, 0.717) is 18.6 Å². The smallest absolute Gasteiger partial charge is 0.327 e. The number of hydrogen-bond acceptors (Lipinski definition) is 5. The number of amides is 1. The van der Waals surface area contributed by atoms with Gasteiger partial charge >= 0.3 is 11.9 Å². The quantitative estimate of drug-likeness (QED) is 0.173. The first-order valence-corrected chi connectivity index (χ1v) is 11.9. The van der Waals surface area contributed by atoms with Gasteiger partial charge < -0.3 is 15.2 Å². The van der Waals surface area contributed by atoms with Crippen molar-refractivity contribution < 1.29 is 24.2 Å². The van der Waals surface area contributed by atoms with E-state index in [0.717, 1.165) is 25.7 Å². The van der Waals surface area contributed by atoms with Crippen LogP contribution in [-0.2, 0) is 19.1 Å². The molecule has 1 aliphatic carbocycles. The summed E-state index contributed by atoms with van der Waals surface area (Å²) in [5, 5.41) is 11.9. The highest BCUT2D eigenvalue weighted by atomic mass is 32.2. The fourth-order valence-corrected chi connectivity index (χ4v) is 4.04. The van der Waals surface area contributed by atoms with E-state index in [9.17, 15) is 19.5 Å². The molecule has 1 amide bonds. The number of allylic oxidation sites excluding steroid dienone is 5. The average molecular weight is 452 g/mol. The summed E-state index contributed by atoms with van der Waals surface area (Å²) < 4.78 is 4.67. The van der Waals surface area contributed by atoms with Crippen molar-refractivity contribution in [3.63, 3.8) is 0 Å². The van der Waals surface area contributed by atoms with Crippen molar-refractivity contribution in [3.8, 4) is 0 Å². The van der Waals surface area contributed by atoms with Crippen molar-refractivity contribution in [1.29, 1.82) is 0 Å². The van der Waals surface area contributed by atoms with Gasteiger partial charge in [-0.15, -0.1) is 0 Å². The monoisotopic (exact) mass is 451 g/mol. The summed E-state index contributed by atoms with van der Waals surface area (Å²) in [5.41, 5.74) is 2.82. The molecule has 0 aromatic carbocycles. The van der Waals surface area contributed by atoms with Crippen molar-refractivity contribution in [3.05, 3.63) is 34.9 Å². The molecule has 1 atom stereocenters. The Morgan fingerprint density at radius 1 is 1.03 bits per heavy atom. The van der Waals surface area contributed by atoms with E-state index in [4.69, 9.17) is 0 Å². The lowest BCUT2D eigenvalue weighted by Gasteiger charge is -2.18. The van der Waals surface area contributed by atoms with Crippen LogP contribution in [-0.4, -0.2) is 47.6 Å². The van der Waals surface area contributed by atoms with Crippen molar-refractivity contribution in [1.82, 2.24) is 5.32 Å². The van der Waals surface area contributed by atoms with Gasteiger partial charge in [0, 0.05) is 11.5 Å². The normalized spacial score (nSPS) is 16.3. The first-order valence-electron chi connectivity index (χ1n) is 10.8. The molecule has 0 aromatic rings. The average Bonchev–Trinajstić information content (AvgIpc) is 3.51. The second-order valence-corrected chi connectivity index (χ2v) is 9.51. The fourth-order valence-electron chi connectivity index (χ4n) is 3.04. The zero-order valence-corrected chi connectivity index (χ0v) is 20.3. The van der Waals surface area contributed by atoms with Crippen molar-refractivity contribution in [2.24, 2.45) is 5.41 Å². The molecule has 1 saturated carbocycles. The number of rotatable bonds is 14. The summed E-state index contributed by atoms with van der Waals surface area (Å²) in [4.78, 5) is 35.6. The Bertz CT molecular complexity index is 730. The van der Waals surface area contributed by atoms with Crippen LogP contribution in [0.4, 0.5) is 0 Å². The number of thioether (sulfide) groups is 1. The summed E-state index contributed by atoms with van der Waals surface area (Å²) in [6.07, 6.45) is 11.6. The van der Waals surface area contributed by atoms with E-state index in [-0.39, 0.29) is 5.75 Å². The van der Waals surface area contributed by atoms with Gasteiger partial charge in [0.1, 0.15) is 11.5 Å². The van der Waals surface area contributed by atoms with Crippen LogP contribution in [0, 0.1) is 5.41 Å². The van der Waals surface area contributed by atoms with E-state index >= 15 is 0 Å². The number of hydrogen-bond donors (Lipinski definition) is 2. The van der Waals surface area contributed by atoms with Gasteiger partial charge in [-0.25, -0.2) is 4.79 Å². The predicted octanol–water partition coefficient (Wildman–Crippen LogP) is 4.66. The Balaban J connectivity index is 2.38. The van der Waals surface area contributed by atoms with Gasteiger partial charge in [0.05, 0.1) is 7.11 Å². The lowest BCUT2D eigenvalue weighted by Crippen LogP contribution is -2.48. The maximum absolute atomic E-state index is 12.4. The van der Waals surface area contributed by atoms with Gasteiger partial charge in [0.25, 0.3) is 0 Å². The Morgan fingerprint density at radius 2 is 1.61 bits per heavy atom. The zero-order valence-electron chi connectivity index (χ0n) is 19.5. The lowest BCUT2D eigenvalue weighted by atomic mass is 10.1. The molecule has 2 N–H and O–H groups in total. The number of esters is 1. The number of methoxy groups -OCH3 is 1. The first-order chi connectivity index (χ1) is 14.6. The number of ether oxygens (including phenoxy) is 1. The largest absolute Gasteiger partial charge is 0.480 e. The maximum Gasteiger partial charge on any atom is 0.327 e. The molecule has 1 unspecified atom stereocenters. The summed E-state index contributed by atoms with van der Waals surface area (Å²) in [7, 11) is 1.23. The first kappa shape index (κ1) is 27.0. The van der Waals surface area contributed by atoms with E-state index in [2.05, 4.69) is 56.0 Å². The number of carboxylic acids is 1. The highest BCUT2D eigenvalue weighted by Gasteiger charge is 2.58. The van der Waals surface area contributed by atoms with Gasteiger partial charge in [0.2, 0.25) is 5.91 Å². The van der Waals surface area contributed by atoms with Crippen LogP contribution in [0.2, 0.25) is 0 Å². The minimum Gasteiger partial charge on any atom is -0.480 e. The molecule has 0 bridgehead atoms. The highest BCUT2D eigenvalue weighted by molar-refractivity contribution is 7.99. The SMILES string of the molecule is COC(=O)C1(C(=O)NC(CSC/C=C(\C)CC/C=C(\C)CCC=C(C)C)C(=O)O)CC1. The molecule has 0 aromatic heterocycles. The minimum atomic E-state index is -1.19. The van der Waals surface area contributed by atoms with Gasteiger partial charge in [-0.3, -0.25) is 9.59 Å². The number of carbonyl (C=O) groups excluding carboxylic acids is 2. The van der Waals surface area contributed by atoms with Gasteiger partial charge in [-0.2, -0.15) is 11.8 Å². The fraction of sp³-hybridized carbons (Fsp3) is 0.625. The van der Waals surface area contributed by atoms with Crippen molar-refractivity contribution in [2.75, 3.05) is 18.6 Å².